The second-order valence-corrected chi connectivity index (χ2v) is 5.08. The Kier molecular flexibility index (Phi) is 3.37. The molecular weight excluding hydrogens is 250 g/mol. The Morgan fingerprint density at radius 3 is 3.05 bits per heavy atom. The number of anilines is 2. The Labute approximate surface area is 118 Å². The quantitative estimate of drug-likeness (QED) is 0.848. The molecule has 2 N–H and O–H groups in total. The second-order valence-electron chi connectivity index (χ2n) is 5.08. The van der Waals surface area contributed by atoms with E-state index in [4.69, 9.17) is 5.73 Å². The molecule has 2 aromatic rings. The van der Waals surface area contributed by atoms with Gasteiger partial charge in [0.2, 0.25) is 5.91 Å². The molecule has 0 aliphatic carbocycles. The molecule has 0 spiro atoms. The van der Waals surface area contributed by atoms with E-state index < -0.39 is 0 Å². The Morgan fingerprint density at radius 1 is 1.35 bits per heavy atom. The molecule has 1 aromatic heterocycles. The number of pyridine rings is 1. The number of hydrogen-bond acceptors (Lipinski definition) is 3. The summed E-state index contributed by atoms with van der Waals surface area (Å²) in [6.07, 6.45) is 5.81. The van der Waals surface area contributed by atoms with Crippen LogP contribution in [0.25, 0.3) is 0 Å². The summed E-state index contributed by atoms with van der Waals surface area (Å²) in [5, 5.41) is 0. The first-order valence-electron chi connectivity index (χ1n) is 6.82. The fraction of sp³-hybridized carbons (Fsp3) is 0.250. The van der Waals surface area contributed by atoms with Crippen LogP contribution in [0, 0.1) is 0 Å². The van der Waals surface area contributed by atoms with Crippen molar-refractivity contribution >= 4 is 17.3 Å². The van der Waals surface area contributed by atoms with E-state index in [0.29, 0.717) is 6.42 Å². The lowest BCUT2D eigenvalue weighted by Gasteiger charge is -2.29. The lowest BCUT2D eigenvalue weighted by atomic mass is 10.0. The third kappa shape index (κ3) is 2.50. The van der Waals surface area contributed by atoms with Crippen LogP contribution in [0.3, 0.4) is 0 Å². The van der Waals surface area contributed by atoms with E-state index in [-0.39, 0.29) is 5.91 Å². The Balaban J connectivity index is 1.83. The van der Waals surface area contributed by atoms with Crippen molar-refractivity contribution in [3.8, 4) is 0 Å². The number of aromatic nitrogens is 1. The fourth-order valence-corrected chi connectivity index (χ4v) is 2.65. The number of nitrogens with two attached hydrogens (primary N) is 1. The van der Waals surface area contributed by atoms with Gasteiger partial charge < -0.3 is 10.6 Å². The van der Waals surface area contributed by atoms with Gasteiger partial charge in [-0.2, -0.15) is 0 Å². The van der Waals surface area contributed by atoms with Crippen molar-refractivity contribution in [1.82, 2.24) is 4.98 Å². The first kappa shape index (κ1) is 12.7. The van der Waals surface area contributed by atoms with Gasteiger partial charge in [0.1, 0.15) is 0 Å². The van der Waals surface area contributed by atoms with Gasteiger partial charge in [-0.15, -0.1) is 0 Å². The van der Waals surface area contributed by atoms with Crippen molar-refractivity contribution < 1.29 is 4.79 Å². The average Bonchev–Trinajstić information content (AvgIpc) is 2.47. The summed E-state index contributed by atoms with van der Waals surface area (Å²) in [5.41, 5.74) is 9.68. The van der Waals surface area contributed by atoms with Crippen molar-refractivity contribution in [3.05, 3.63) is 53.9 Å². The van der Waals surface area contributed by atoms with Crippen molar-refractivity contribution in [1.29, 1.82) is 0 Å². The molecule has 1 aliphatic heterocycles. The molecule has 4 heteroatoms. The van der Waals surface area contributed by atoms with Gasteiger partial charge >= 0.3 is 0 Å². The molecule has 0 fully saturated rings. The second kappa shape index (κ2) is 5.33. The molecule has 0 radical (unpaired) electrons. The summed E-state index contributed by atoms with van der Waals surface area (Å²) in [6.45, 7) is 0.774. The highest BCUT2D eigenvalue weighted by atomic mass is 16.2. The minimum atomic E-state index is 0.115. The van der Waals surface area contributed by atoms with E-state index >= 15 is 0 Å². The predicted molar refractivity (Wildman–Crippen MR) is 79.5 cm³/mol. The fourth-order valence-electron chi connectivity index (χ4n) is 2.65. The Bertz CT molecular complexity index is 625. The number of amides is 1. The number of carbonyl (C=O) groups is 1. The SMILES string of the molecule is Nc1ccc2c(c1)CCCN2C(=O)Cc1cccnc1. The van der Waals surface area contributed by atoms with Crippen LogP contribution in [0.15, 0.2) is 42.7 Å². The van der Waals surface area contributed by atoms with Gasteiger partial charge in [-0.25, -0.2) is 0 Å². The predicted octanol–water partition coefficient (Wildman–Crippen LogP) is 2.19. The molecule has 20 heavy (non-hydrogen) atoms. The lowest BCUT2D eigenvalue weighted by molar-refractivity contribution is -0.118. The van der Waals surface area contributed by atoms with Gasteiger partial charge in [0.25, 0.3) is 0 Å². The van der Waals surface area contributed by atoms with Crippen LogP contribution in [-0.2, 0) is 17.6 Å². The summed E-state index contributed by atoms with van der Waals surface area (Å²) in [6, 6.07) is 9.56. The molecule has 0 saturated heterocycles. The smallest absolute Gasteiger partial charge is 0.231 e. The summed E-state index contributed by atoms with van der Waals surface area (Å²) < 4.78 is 0. The Morgan fingerprint density at radius 2 is 2.25 bits per heavy atom. The van der Waals surface area contributed by atoms with Gasteiger partial charge in [0.15, 0.2) is 0 Å². The molecule has 1 amide bonds. The lowest BCUT2D eigenvalue weighted by Crippen LogP contribution is -2.36. The number of aryl methyl sites for hydroxylation is 1. The van der Waals surface area contributed by atoms with Crippen LogP contribution in [0.1, 0.15) is 17.5 Å². The highest BCUT2D eigenvalue weighted by molar-refractivity contribution is 5.96. The zero-order valence-corrected chi connectivity index (χ0v) is 11.2. The summed E-state index contributed by atoms with van der Waals surface area (Å²) >= 11 is 0. The summed E-state index contributed by atoms with van der Waals surface area (Å²) in [7, 11) is 0. The van der Waals surface area contributed by atoms with Crippen LogP contribution in [0.5, 0.6) is 0 Å². The number of rotatable bonds is 2. The molecule has 3 rings (SSSR count). The van der Waals surface area contributed by atoms with E-state index in [9.17, 15) is 4.79 Å². The molecule has 1 aliphatic rings. The Hall–Kier alpha value is -2.36. The average molecular weight is 267 g/mol. The van der Waals surface area contributed by atoms with Crippen LogP contribution in [0.2, 0.25) is 0 Å². The van der Waals surface area contributed by atoms with Crippen LogP contribution in [-0.4, -0.2) is 17.4 Å². The molecule has 4 nitrogen and oxygen atoms in total. The third-order valence-electron chi connectivity index (χ3n) is 3.60. The number of carbonyl (C=O) groups excluding carboxylic acids is 1. The zero-order chi connectivity index (χ0) is 13.9. The normalized spacial score (nSPS) is 13.9. The highest BCUT2D eigenvalue weighted by Gasteiger charge is 2.22. The standard InChI is InChI=1S/C16H17N3O/c17-14-5-6-15-13(10-14)4-2-8-19(15)16(20)9-12-3-1-7-18-11-12/h1,3,5-7,10-11H,2,4,8-9,17H2. The maximum absolute atomic E-state index is 12.5. The molecule has 2 heterocycles. The summed E-state index contributed by atoms with van der Waals surface area (Å²) in [5.74, 6) is 0.115. The third-order valence-corrected chi connectivity index (χ3v) is 3.60. The minimum absolute atomic E-state index is 0.115. The van der Waals surface area contributed by atoms with Gasteiger partial charge in [-0.3, -0.25) is 9.78 Å². The van der Waals surface area contributed by atoms with E-state index in [0.717, 1.165) is 41.9 Å². The van der Waals surface area contributed by atoms with Gasteiger partial charge in [-0.05, 0) is 48.2 Å². The van der Waals surface area contributed by atoms with Crippen molar-refractivity contribution in [2.24, 2.45) is 0 Å². The molecule has 0 atom stereocenters. The van der Waals surface area contributed by atoms with E-state index in [1.54, 1.807) is 12.4 Å². The number of nitrogens with zero attached hydrogens (tertiary/aromatic N) is 2. The first-order chi connectivity index (χ1) is 9.74. The maximum atomic E-state index is 12.5. The maximum Gasteiger partial charge on any atom is 0.231 e. The van der Waals surface area contributed by atoms with E-state index in [2.05, 4.69) is 4.98 Å². The van der Waals surface area contributed by atoms with Crippen LogP contribution < -0.4 is 10.6 Å². The first-order valence-corrected chi connectivity index (χ1v) is 6.82. The highest BCUT2D eigenvalue weighted by Crippen LogP contribution is 2.29. The minimum Gasteiger partial charge on any atom is -0.399 e. The van der Waals surface area contributed by atoms with Gasteiger partial charge in [0, 0.05) is 30.3 Å². The topological polar surface area (TPSA) is 59.2 Å². The van der Waals surface area contributed by atoms with Crippen molar-refractivity contribution in [2.75, 3.05) is 17.2 Å². The molecule has 1 aromatic carbocycles. The number of fused-ring (bicyclic) bond motifs is 1. The van der Waals surface area contributed by atoms with Crippen LogP contribution in [0.4, 0.5) is 11.4 Å². The summed E-state index contributed by atoms with van der Waals surface area (Å²) in [4.78, 5) is 18.4. The van der Waals surface area contributed by atoms with Gasteiger partial charge in [-0.1, -0.05) is 6.07 Å². The van der Waals surface area contributed by atoms with E-state index in [1.165, 1.54) is 0 Å². The van der Waals surface area contributed by atoms with Crippen molar-refractivity contribution in [3.63, 3.8) is 0 Å². The number of nitrogen functional groups attached to an aromatic ring is 1. The molecule has 0 saturated carbocycles. The monoisotopic (exact) mass is 267 g/mol. The molecule has 0 bridgehead atoms. The number of benzene rings is 1. The molecule has 102 valence electrons. The molecule has 0 unspecified atom stereocenters. The number of hydrogen-bond donors (Lipinski definition) is 1. The van der Waals surface area contributed by atoms with Gasteiger partial charge in [0.05, 0.1) is 6.42 Å². The van der Waals surface area contributed by atoms with E-state index in [1.807, 2.05) is 35.2 Å². The largest absolute Gasteiger partial charge is 0.399 e. The van der Waals surface area contributed by atoms with Crippen molar-refractivity contribution in [2.45, 2.75) is 19.3 Å². The zero-order valence-electron chi connectivity index (χ0n) is 11.2. The molecular formula is C16H17N3O. The van der Waals surface area contributed by atoms with Crippen LogP contribution >= 0.6 is 0 Å².